The van der Waals surface area contributed by atoms with Gasteiger partial charge in [-0.25, -0.2) is 0 Å². The molecule has 0 bridgehead atoms. The van der Waals surface area contributed by atoms with E-state index in [1.165, 1.54) is 16.7 Å². The number of carbonyl (C=O) groups is 2. The Hall–Kier alpha value is -2.66. The average molecular weight is 448 g/mol. The molecule has 2 aromatic carbocycles. The summed E-state index contributed by atoms with van der Waals surface area (Å²) in [6.07, 6.45) is 1.81. The molecule has 1 spiro atoms. The predicted octanol–water partition coefficient (Wildman–Crippen LogP) is 4.09. The molecular weight excluding hydrogens is 410 g/mol. The number of nitrogens with zero attached hydrogens (tertiary/aromatic N) is 1. The molecular formula is C28H37N3O2. The molecule has 1 aliphatic heterocycles. The number of likely N-dealkylation sites (tertiary alicyclic amines) is 1. The number of fused-ring (bicyclic) bond motifs is 1. The summed E-state index contributed by atoms with van der Waals surface area (Å²) in [6, 6.07) is 18.8. The standard InChI is InChI=1S/C28H37N3O2/c1-19(2)26(32)30-25-23-13-9-8-12-22(23)14-15-28(25)18-31(16-21-10-6-5-7-11-21)17-24(28)27(33)29-20(3)4/h5-13,19-20,24-25H,14-18H2,1-4H3,(H,29,33)(H,30,32)/t24-,25+,28+/m0/s1. The minimum Gasteiger partial charge on any atom is -0.354 e. The fourth-order valence-corrected chi connectivity index (χ4v) is 5.66. The summed E-state index contributed by atoms with van der Waals surface area (Å²) in [5.41, 5.74) is 3.35. The van der Waals surface area contributed by atoms with E-state index >= 15 is 0 Å². The molecule has 0 saturated carbocycles. The zero-order valence-corrected chi connectivity index (χ0v) is 20.3. The second kappa shape index (κ2) is 9.68. The SMILES string of the molecule is CC(C)NC(=O)[C@@H]1CN(Cc2ccccc2)C[C@]12CCc1ccccc1[C@H]2NC(=O)C(C)C. The van der Waals surface area contributed by atoms with Crippen LogP contribution in [0.3, 0.4) is 0 Å². The Bertz CT molecular complexity index is 988. The van der Waals surface area contributed by atoms with E-state index in [2.05, 4.69) is 58.0 Å². The zero-order valence-electron chi connectivity index (χ0n) is 20.3. The van der Waals surface area contributed by atoms with Crippen LogP contribution in [0.5, 0.6) is 0 Å². The van der Waals surface area contributed by atoms with Crippen molar-refractivity contribution in [2.45, 2.75) is 59.2 Å². The Balaban J connectivity index is 1.74. The Morgan fingerprint density at radius 2 is 1.73 bits per heavy atom. The molecule has 2 amide bonds. The summed E-state index contributed by atoms with van der Waals surface area (Å²) in [5, 5.41) is 6.57. The van der Waals surface area contributed by atoms with Crippen molar-refractivity contribution < 1.29 is 9.59 Å². The third-order valence-corrected chi connectivity index (χ3v) is 7.26. The van der Waals surface area contributed by atoms with E-state index in [1.54, 1.807) is 0 Å². The highest BCUT2D eigenvalue weighted by Gasteiger charge is 2.56. The van der Waals surface area contributed by atoms with Gasteiger partial charge < -0.3 is 10.6 Å². The first-order valence-electron chi connectivity index (χ1n) is 12.2. The smallest absolute Gasteiger partial charge is 0.225 e. The van der Waals surface area contributed by atoms with E-state index in [0.29, 0.717) is 6.54 Å². The van der Waals surface area contributed by atoms with Gasteiger partial charge in [-0.2, -0.15) is 0 Å². The Morgan fingerprint density at radius 1 is 1.03 bits per heavy atom. The maximum atomic E-state index is 13.6. The number of rotatable bonds is 6. The number of benzene rings is 2. The number of amides is 2. The second-order valence-electron chi connectivity index (χ2n) is 10.4. The largest absolute Gasteiger partial charge is 0.354 e. The van der Waals surface area contributed by atoms with Crippen molar-refractivity contribution in [2.24, 2.45) is 17.3 Å². The zero-order chi connectivity index (χ0) is 23.6. The van der Waals surface area contributed by atoms with Crippen molar-refractivity contribution in [3.05, 3.63) is 71.3 Å². The summed E-state index contributed by atoms with van der Waals surface area (Å²) < 4.78 is 0. The summed E-state index contributed by atoms with van der Waals surface area (Å²) in [7, 11) is 0. The van der Waals surface area contributed by atoms with Crippen molar-refractivity contribution in [3.63, 3.8) is 0 Å². The van der Waals surface area contributed by atoms with Gasteiger partial charge in [-0.3, -0.25) is 14.5 Å². The maximum Gasteiger partial charge on any atom is 0.225 e. The molecule has 1 saturated heterocycles. The van der Waals surface area contributed by atoms with Gasteiger partial charge >= 0.3 is 0 Å². The molecule has 3 atom stereocenters. The molecule has 2 N–H and O–H groups in total. The molecule has 5 nitrogen and oxygen atoms in total. The van der Waals surface area contributed by atoms with Crippen molar-refractivity contribution in [1.82, 2.24) is 15.5 Å². The van der Waals surface area contributed by atoms with Crippen LogP contribution in [0.15, 0.2) is 54.6 Å². The summed E-state index contributed by atoms with van der Waals surface area (Å²) in [4.78, 5) is 28.9. The van der Waals surface area contributed by atoms with Crippen LogP contribution in [0.1, 0.15) is 56.8 Å². The third-order valence-electron chi connectivity index (χ3n) is 7.26. The topological polar surface area (TPSA) is 61.4 Å². The number of carbonyl (C=O) groups excluding carboxylic acids is 2. The third kappa shape index (κ3) is 4.84. The molecule has 176 valence electrons. The van der Waals surface area contributed by atoms with Gasteiger partial charge in [0.1, 0.15) is 0 Å². The van der Waals surface area contributed by atoms with Gasteiger partial charge in [0.2, 0.25) is 11.8 Å². The van der Waals surface area contributed by atoms with E-state index in [-0.39, 0.29) is 41.1 Å². The molecule has 1 heterocycles. The molecule has 4 rings (SSSR count). The monoisotopic (exact) mass is 447 g/mol. The minimum atomic E-state index is -0.341. The quantitative estimate of drug-likeness (QED) is 0.701. The van der Waals surface area contributed by atoms with E-state index in [0.717, 1.165) is 25.9 Å². The van der Waals surface area contributed by atoms with Crippen LogP contribution in [0.25, 0.3) is 0 Å². The molecule has 1 fully saturated rings. The fraction of sp³-hybridized carbons (Fsp3) is 0.500. The molecule has 5 heteroatoms. The first-order valence-corrected chi connectivity index (χ1v) is 12.2. The number of hydrogen-bond donors (Lipinski definition) is 2. The summed E-state index contributed by atoms with van der Waals surface area (Å²) in [5.74, 6) is -0.153. The Labute approximate surface area is 197 Å². The molecule has 0 aromatic heterocycles. The van der Waals surface area contributed by atoms with Crippen LogP contribution >= 0.6 is 0 Å². The fourth-order valence-electron chi connectivity index (χ4n) is 5.66. The van der Waals surface area contributed by atoms with Crippen LogP contribution in [-0.4, -0.2) is 35.8 Å². The first kappa shape index (κ1) is 23.5. The molecule has 1 aliphatic carbocycles. The van der Waals surface area contributed by atoms with Gasteiger partial charge in [0.25, 0.3) is 0 Å². The van der Waals surface area contributed by atoms with Crippen molar-refractivity contribution in [1.29, 1.82) is 0 Å². The average Bonchev–Trinajstić information content (AvgIpc) is 3.14. The lowest BCUT2D eigenvalue weighted by Gasteiger charge is -2.46. The summed E-state index contributed by atoms with van der Waals surface area (Å²) >= 11 is 0. The Kier molecular flexibility index (Phi) is 6.89. The van der Waals surface area contributed by atoms with Gasteiger partial charge in [0.15, 0.2) is 0 Å². The maximum absolute atomic E-state index is 13.6. The first-order chi connectivity index (χ1) is 15.8. The lowest BCUT2D eigenvalue weighted by molar-refractivity contribution is -0.132. The van der Waals surface area contributed by atoms with E-state index in [1.807, 2.05) is 39.8 Å². The van der Waals surface area contributed by atoms with Gasteiger partial charge in [-0.15, -0.1) is 0 Å². The number of hydrogen-bond acceptors (Lipinski definition) is 3. The van der Waals surface area contributed by atoms with Crippen LogP contribution in [-0.2, 0) is 22.6 Å². The normalized spacial score (nSPS) is 24.8. The van der Waals surface area contributed by atoms with Crippen LogP contribution in [0.4, 0.5) is 0 Å². The predicted molar refractivity (Wildman–Crippen MR) is 131 cm³/mol. The highest BCUT2D eigenvalue weighted by atomic mass is 16.2. The van der Waals surface area contributed by atoms with Crippen molar-refractivity contribution in [3.8, 4) is 0 Å². The van der Waals surface area contributed by atoms with Crippen molar-refractivity contribution >= 4 is 11.8 Å². The van der Waals surface area contributed by atoms with Gasteiger partial charge in [-0.05, 0) is 43.4 Å². The van der Waals surface area contributed by atoms with Crippen LogP contribution in [0.2, 0.25) is 0 Å². The van der Waals surface area contributed by atoms with Crippen molar-refractivity contribution in [2.75, 3.05) is 13.1 Å². The van der Waals surface area contributed by atoms with Crippen LogP contribution in [0, 0.1) is 17.3 Å². The molecule has 33 heavy (non-hydrogen) atoms. The van der Waals surface area contributed by atoms with Gasteiger partial charge in [0.05, 0.1) is 12.0 Å². The highest BCUT2D eigenvalue weighted by Crippen LogP contribution is 2.53. The number of aryl methyl sites for hydroxylation is 1. The van der Waals surface area contributed by atoms with Gasteiger partial charge in [0, 0.05) is 37.0 Å². The molecule has 2 aromatic rings. The number of nitrogens with one attached hydrogen (secondary N) is 2. The molecule has 2 aliphatic rings. The van der Waals surface area contributed by atoms with Gasteiger partial charge in [-0.1, -0.05) is 68.4 Å². The highest BCUT2D eigenvalue weighted by molar-refractivity contribution is 5.82. The van der Waals surface area contributed by atoms with E-state index in [4.69, 9.17) is 0 Å². The lowest BCUT2D eigenvalue weighted by Crippen LogP contribution is -2.53. The molecule has 0 radical (unpaired) electrons. The van der Waals surface area contributed by atoms with E-state index < -0.39 is 0 Å². The van der Waals surface area contributed by atoms with E-state index in [9.17, 15) is 9.59 Å². The Morgan fingerprint density at radius 3 is 2.42 bits per heavy atom. The summed E-state index contributed by atoms with van der Waals surface area (Å²) in [6.45, 7) is 10.2. The minimum absolute atomic E-state index is 0.0422. The second-order valence-corrected chi connectivity index (χ2v) is 10.4. The lowest BCUT2D eigenvalue weighted by atomic mass is 9.62. The van der Waals surface area contributed by atoms with Crippen LogP contribution < -0.4 is 10.6 Å². The molecule has 0 unspecified atom stereocenters.